The Morgan fingerprint density at radius 3 is 2.58 bits per heavy atom. The number of hydrogen-bond donors (Lipinski definition) is 1. The lowest BCUT2D eigenvalue weighted by Gasteiger charge is -2.07. The minimum atomic E-state index is -0.112. The van der Waals surface area contributed by atoms with Gasteiger partial charge in [-0.2, -0.15) is 4.68 Å². The number of fused-ring (bicyclic) bond motifs is 1. The Labute approximate surface area is 150 Å². The second-order valence-electron chi connectivity index (χ2n) is 6.06. The summed E-state index contributed by atoms with van der Waals surface area (Å²) in [4.78, 5) is 16.6. The molecule has 0 fully saturated rings. The number of hydrogen-bond acceptors (Lipinski definition) is 4. The van der Waals surface area contributed by atoms with E-state index in [1.807, 2.05) is 55.5 Å². The average molecular weight is 343 g/mol. The molecule has 0 aliphatic carbocycles. The van der Waals surface area contributed by atoms with Crippen LogP contribution in [0, 0.1) is 6.92 Å². The predicted octanol–water partition coefficient (Wildman–Crippen LogP) is 3.05. The van der Waals surface area contributed by atoms with Crippen molar-refractivity contribution < 1.29 is 4.79 Å². The Balaban J connectivity index is 1.48. The molecule has 128 valence electrons. The lowest BCUT2D eigenvalue weighted by molar-refractivity contribution is 0.0951. The molecule has 0 aliphatic rings. The molecule has 6 heteroatoms. The van der Waals surface area contributed by atoms with Crippen LogP contribution in [0.3, 0.4) is 0 Å². The molecule has 1 N–H and O–H groups in total. The number of carbonyl (C=O) groups is 1. The quantitative estimate of drug-likeness (QED) is 0.618. The Morgan fingerprint density at radius 2 is 1.81 bits per heavy atom. The fourth-order valence-electron chi connectivity index (χ4n) is 2.68. The maximum absolute atomic E-state index is 12.3. The highest BCUT2D eigenvalue weighted by Crippen LogP contribution is 2.14. The van der Waals surface area contributed by atoms with E-state index in [2.05, 4.69) is 20.6 Å². The number of amides is 1. The van der Waals surface area contributed by atoms with Gasteiger partial charge in [-0.15, -0.1) is 5.10 Å². The molecule has 0 radical (unpaired) electrons. The van der Waals surface area contributed by atoms with E-state index in [0.717, 1.165) is 16.8 Å². The maximum Gasteiger partial charge on any atom is 0.251 e. The SMILES string of the molecule is Cc1ccc(CNC(=O)c2ccc(-n3nnc4cccnc43)cc2)cc1. The monoisotopic (exact) mass is 343 g/mol. The number of nitrogens with one attached hydrogen (secondary N) is 1. The second kappa shape index (κ2) is 6.76. The van der Waals surface area contributed by atoms with Gasteiger partial charge in [0.25, 0.3) is 5.91 Å². The first-order chi connectivity index (χ1) is 12.7. The molecule has 0 spiro atoms. The average Bonchev–Trinajstić information content (AvgIpc) is 3.11. The van der Waals surface area contributed by atoms with Crippen LogP contribution in [0.1, 0.15) is 21.5 Å². The summed E-state index contributed by atoms with van der Waals surface area (Å²) < 4.78 is 1.66. The highest BCUT2D eigenvalue weighted by Gasteiger charge is 2.09. The van der Waals surface area contributed by atoms with Gasteiger partial charge >= 0.3 is 0 Å². The van der Waals surface area contributed by atoms with Crippen LogP contribution >= 0.6 is 0 Å². The Morgan fingerprint density at radius 1 is 1.04 bits per heavy atom. The summed E-state index contributed by atoms with van der Waals surface area (Å²) in [5.74, 6) is -0.112. The van der Waals surface area contributed by atoms with Crippen LogP contribution in [0.25, 0.3) is 16.9 Å². The topological polar surface area (TPSA) is 72.7 Å². The van der Waals surface area contributed by atoms with Gasteiger partial charge in [-0.1, -0.05) is 35.0 Å². The minimum absolute atomic E-state index is 0.112. The Kier molecular flexibility index (Phi) is 4.15. The summed E-state index contributed by atoms with van der Waals surface area (Å²) in [6.45, 7) is 2.54. The number of nitrogens with zero attached hydrogens (tertiary/aromatic N) is 4. The molecule has 0 unspecified atom stereocenters. The number of carbonyl (C=O) groups excluding carboxylic acids is 1. The predicted molar refractivity (Wildman–Crippen MR) is 99.0 cm³/mol. The first kappa shape index (κ1) is 16.0. The van der Waals surface area contributed by atoms with Crippen molar-refractivity contribution in [2.45, 2.75) is 13.5 Å². The first-order valence-corrected chi connectivity index (χ1v) is 8.31. The van der Waals surface area contributed by atoms with Gasteiger partial charge < -0.3 is 5.32 Å². The van der Waals surface area contributed by atoms with Crippen LogP contribution in [0.2, 0.25) is 0 Å². The van der Waals surface area contributed by atoms with Crippen molar-refractivity contribution in [1.29, 1.82) is 0 Å². The van der Waals surface area contributed by atoms with Gasteiger partial charge in [0.2, 0.25) is 0 Å². The first-order valence-electron chi connectivity index (χ1n) is 8.31. The van der Waals surface area contributed by atoms with E-state index in [-0.39, 0.29) is 5.91 Å². The molecule has 1 amide bonds. The Hall–Kier alpha value is -3.54. The smallest absolute Gasteiger partial charge is 0.251 e. The van der Waals surface area contributed by atoms with Crippen LogP contribution in [0.5, 0.6) is 0 Å². The molecule has 0 saturated carbocycles. The van der Waals surface area contributed by atoms with Crippen LogP contribution in [-0.2, 0) is 6.54 Å². The van der Waals surface area contributed by atoms with Crippen molar-refractivity contribution in [2.24, 2.45) is 0 Å². The second-order valence-corrected chi connectivity index (χ2v) is 6.06. The van der Waals surface area contributed by atoms with Gasteiger partial charge in [-0.05, 0) is 48.9 Å². The third kappa shape index (κ3) is 3.17. The van der Waals surface area contributed by atoms with Gasteiger partial charge in [0, 0.05) is 18.3 Å². The molecule has 0 aliphatic heterocycles. The molecule has 26 heavy (non-hydrogen) atoms. The molecule has 4 aromatic rings. The number of aromatic nitrogens is 4. The lowest BCUT2D eigenvalue weighted by Crippen LogP contribution is -2.22. The van der Waals surface area contributed by atoms with E-state index in [0.29, 0.717) is 17.8 Å². The van der Waals surface area contributed by atoms with Crippen molar-refractivity contribution in [3.8, 4) is 5.69 Å². The third-order valence-corrected chi connectivity index (χ3v) is 4.16. The van der Waals surface area contributed by atoms with Crippen LogP contribution in [0.15, 0.2) is 66.9 Å². The van der Waals surface area contributed by atoms with E-state index < -0.39 is 0 Å². The maximum atomic E-state index is 12.3. The van der Waals surface area contributed by atoms with E-state index in [1.54, 1.807) is 23.0 Å². The minimum Gasteiger partial charge on any atom is -0.348 e. The van der Waals surface area contributed by atoms with E-state index in [4.69, 9.17) is 0 Å². The summed E-state index contributed by atoms with van der Waals surface area (Å²) in [6.07, 6.45) is 1.70. The Bertz CT molecular complexity index is 1050. The molecular weight excluding hydrogens is 326 g/mol. The number of aryl methyl sites for hydroxylation is 1. The third-order valence-electron chi connectivity index (χ3n) is 4.16. The van der Waals surface area contributed by atoms with Crippen LogP contribution < -0.4 is 5.32 Å². The van der Waals surface area contributed by atoms with Gasteiger partial charge in [-0.25, -0.2) is 4.98 Å². The molecule has 6 nitrogen and oxygen atoms in total. The van der Waals surface area contributed by atoms with Gasteiger partial charge in [-0.3, -0.25) is 4.79 Å². The van der Waals surface area contributed by atoms with E-state index in [9.17, 15) is 4.79 Å². The highest BCUT2D eigenvalue weighted by atomic mass is 16.1. The molecule has 0 saturated heterocycles. The molecule has 2 aromatic carbocycles. The van der Waals surface area contributed by atoms with Gasteiger partial charge in [0.15, 0.2) is 5.65 Å². The molecule has 4 rings (SSSR count). The van der Waals surface area contributed by atoms with Crippen molar-refractivity contribution in [3.05, 3.63) is 83.6 Å². The number of rotatable bonds is 4. The van der Waals surface area contributed by atoms with E-state index >= 15 is 0 Å². The van der Waals surface area contributed by atoms with Crippen LogP contribution in [-0.4, -0.2) is 25.9 Å². The molecule has 0 bridgehead atoms. The van der Waals surface area contributed by atoms with Crippen LogP contribution in [0.4, 0.5) is 0 Å². The summed E-state index contributed by atoms with van der Waals surface area (Å²) in [6, 6.07) is 19.0. The van der Waals surface area contributed by atoms with Crippen molar-refractivity contribution >= 4 is 17.1 Å². The molecular formula is C20H17N5O. The summed E-state index contributed by atoms with van der Waals surface area (Å²) >= 11 is 0. The zero-order valence-corrected chi connectivity index (χ0v) is 14.3. The van der Waals surface area contributed by atoms with E-state index in [1.165, 1.54) is 5.56 Å². The fourth-order valence-corrected chi connectivity index (χ4v) is 2.68. The summed E-state index contributed by atoms with van der Waals surface area (Å²) in [7, 11) is 0. The summed E-state index contributed by atoms with van der Waals surface area (Å²) in [5.41, 5.74) is 5.09. The lowest BCUT2D eigenvalue weighted by atomic mass is 10.1. The highest BCUT2D eigenvalue weighted by molar-refractivity contribution is 5.94. The van der Waals surface area contributed by atoms with Crippen molar-refractivity contribution in [3.63, 3.8) is 0 Å². The normalized spacial score (nSPS) is 10.8. The number of benzene rings is 2. The molecule has 2 aromatic heterocycles. The standard InChI is InChI=1S/C20H17N5O/c1-14-4-6-15(7-5-14)13-22-20(26)16-8-10-17(11-9-16)25-19-18(23-24-25)3-2-12-21-19/h2-12H,13H2,1H3,(H,22,26). The van der Waals surface area contributed by atoms with Gasteiger partial charge in [0.1, 0.15) is 5.52 Å². The van der Waals surface area contributed by atoms with Crippen molar-refractivity contribution in [1.82, 2.24) is 25.3 Å². The zero-order chi connectivity index (χ0) is 17.9. The van der Waals surface area contributed by atoms with Gasteiger partial charge in [0.05, 0.1) is 5.69 Å². The largest absolute Gasteiger partial charge is 0.348 e. The molecule has 2 heterocycles. The zero-order valence-electron chi connectivity index (χ0n) is 14.3. The summed E-state index contributed by atoms with van der Waals surface area (Å²) in [5, 5.41) is 11.2. The molecule has 0 atom stereocenters. The van der Waals surface area contributed by atoms with Crippen molar-refractivity contribution in [2.75, 3.05) is 0 Å². The fraction of sp³-hybridized carbons (Fsp3) is 0.100. The number of pyridine rings is 1.